The second kappa shape index (κ2) is 3.26. The first-order valence-electron chi connectivity index (χ1n) is 3.06. The molecule has 0 aromatic carbocycles. The Morgan fingerprint density at radius 2 is 2.42 bits per heavy atom. The average Bonchev–Trinajstić information content (AvgIpc) is 2.58. The largest absolute Gasteiger partial charge is 0.258 e. The Labute approximate surface area is 86.8 Å². The van der Waals surface area contributed by atoms with Crippen molar-refractivity contribution in [3.63, 3.8) is 0 Å². The van der Waals surface area contributed by atoms with E-state index in [0.29, 0.717) is 3.95 Å². The molecule has 1 N–H and O–H groups in total. The lowest BCUT2D eigenvalue weighted by Crippen LogP contribution is -1.71. The summed E-state index contributed by atoms with van der Waals surface area (Å²) >= 11 is 13.8. The smallest absolute Gasteiger partial charge is 0.176 e. The first-order chi connectivity index (χ1) is 5.77. The molecule has 6 heteroatoms. The fraction of sp³-hybridized carbons (Fsp3) is 0. The maximum Gasteiger partial charge on any atom is 0.176 e. The van der Waals surface area contributed by atoms with Crippen LogP contribution in [0.25, 0.3) is 10.6 Å². The highest BCUT2D eigenvalue weighted by molar-refractivity contribution is 7.73. The predicted octanol–water partition coefficient (Wildman–Crippen LogP) is 3.58. The summed E-state index contributed by atoms with van der Waals surface area (Å²) < 4.78 is 1.43. The van der Waals surface area contributed by atoms with Crippen molar-refractivity contribution >= 4 is 46.5 Å². The van der Waals surface area contributed by atoms with Crippen LogP contribution >= 0.6 is 46.5 Å². The number of hydrogen-bond donors (Lipinski definition) is 1. The summed E-state index contributed by atoms with van der Waals surface area (Å²) in [6.45, 7) is 0. The molecule has 62 valence electrons. The molecule has 2 nitrogen and oxygen atoms in total. The van der Waals surface area contributed by atoms with E-state index in [1.807, 2.05) is 11.4 Å². The molecule has 0 radical (unpaired) electrons. The Bertz CT molecular complexity index is 441. The topological polar surface area (TPSA) is 28.7 Å². The highest BCUT2D eigenvalue weighted by Crippen LogP contribution is 2.33. The van der Waals surface area contributed by atoms with Crippen LogP contribution in [0.2, 0.25) is 4.34 Å². The SMILES string of the molecule is S=c1[nH]nc(-c2ccsc2Cl)s1. The number of rotatable bonds is 1. The number of aromatic amines is 1. The van der Waals surface area contributed by atoms with Gasteiger partial charge >= 0.3 is 0 Å². The first kappa shape index (κ1) is 8.37. The van der Waals surface area contributed by atoms with Crippen molar-refractivity contribution in [1.29, 1.82) is 0 Å². The molecule has 0 aliphatic rings. The average molecular weight is 235 g/mol. The van der Waals surface area contributed by atoms with Crippen LogP contribution in [0.4, 0.5) is 0 Å². The van der Waals surface area contributed by atoms with Gasteiger partial charge in [0.15, 0.2) is 3.95 Å². The number of thiophene rings is 1. The molecule has 2 aromatic rings. The molecule has 0 unspecified atom stereocenters. The highest BCUT2D eigenvalue weighted by Gasteiger charge is 2.07. The van der Waals surface area contributed by atoms with Crippen molar-refractivity contribution in [3.05, 3.63) is 19.7 Å². The Morgan fingerprint density at radius 3 is 2.92 bits per heavy atom. The predicted molar refractivity (Wildman–Crippen MR) is 55.6 cm³/mol. The molecular formula is C6H3ClN2S3. The monoisotopic (exact) mass is 234 g/mol. The van der Waals surface area contributed by atoms with Crippen LogP contribution in [0.3, 0.4) is 0 Å². The molecule has 12 heavy (non-hydrogen) atoms. The lowest BCUT2D eigenvalue weighted by Gasteiger charge is -1.87. The maximum absolute atomic E-state index is 5.92. The van der Waals surface area contributed by atoms with E-state index in [4.69, 9.17) is 23.8 Å². The molecule has 2 heterocycles. The van der Waals surface area contributed by atoms with E-state index in [9.17, 15) is 0 Å². The van der Waals surface area contributed by atoms with Crippen LogP contribution in [-0.4, -0.2) is 10.2 Å². The Kier molecular flexibility index (Phi) is 2.27. The van der Waals surface area contributed by atoms with Gasteiger partial charge in [-0.2, -0.15) is 5.10 Å². The van der Waals surface area contributed by atoms with Crippen LogP contribution in [0, 0.1) is 3.95 Å². The fourth-order valence-electron chi connectivity index (χ4n) is 0.791. The van der Waals surface area contributed by atoms with E-state index in [0.717, 1.165) is 14.9 Å². The van der Waals surface area contributed by atoms with Gasteiger partial charge in [-0.25, -0.2) is 0 Å². The van der Waals surface area contributed by atoms with Gasteiger partial charge in [0, 0.05) is 5.56 Å². The molecule has 0 aliphatic carbocycles. The zero-order chi connectivity index (χ0) is 8.55. The third-order valence-electron chi connectivity index (χ3n) is 1.29. The van der Waals surface area contributed by atoms with Crippen LogP contribution in [0.1, 0.15) is 0 Å². The van der Waals surface area contributed by atoms with E-state index in [1.54, 1.807) is 0 Å². The van der Waals surface area contributed by atoms with Crippen molar-refractivity contribution in [2.45, 2.75) is 0 Å². The number of hydrogen-bond acceptors (Lipinski definition) is 4. The molecule has 0 spiro atoms. The van der Waals surface area contributed by atoms with E-state index in [-0.39, 0.29) is 0 Å². The minimum absolute atomic E-state index is 0.673. The molecular weight excluding hydrogens is 232 g/mol. The third-order valence-corrected chi connectivity index (χ3v) is 3.58. The minimum Gasteiger partial charge on any atom is -0.258 e. The van der Waals surface area contributed by atoms with E-state index < -0.39 is 0 Å². The van der Waals surface area contributed by atoms with Crippen molar-refractivity contribution in [1.82, 2.24) is 10.2 Å². The second-order valence-corrected chi connectivity index (χ2v) is 5.21. The molecule has 2 aromatic heterocycles. The van der Waals surface area contributed by atoms with Gasteiger partial charge in [-0.05, 0) is 23.7 Å². The van der Waals surface area contributed by atoms with Gasteiger partial charge in [-0.3, -0.25) is 5.10 Å². The number of nitrogens with zero attached hydrogens (tertiary/aromatic N) is 1. The molecule has 0 amide bonds. The summed E-state index contributed by atoms with van der Waals surface area (Å²) in [4.78, 5) is 0. The number of aromatic nitrogens is 2. The Balaban J connectivity index is 2.57. The Morgan fingerprint density at radius 1 is 1.58 bits per heavy atom. The summed E-state index contributed by atoms with van der Waals surface area (Å²) in [6.07, 6.45) is 0. The standard InChI is InChI=1S/C6H3ClN2S3/c7-4-3(1-2-11-4)5-8-9-6(10)12-5/h1-2H,(H,9,10). The van der Waals surface area contributed by atoms with Gasteiger partial charge < -0.3 is 0 Å². The van der Waals surface area contributed by atoms with Crippen LogP contribution < -0.4 is 0 Å². The van der Waals surface area contributed by atoms with Gasteiger partial charge in [0.1, 0.15) is 9.34 Å². The minimum atomic E-state index is 0.673. The van der Waals surface area contributed by atoms with Gasteiger partial charge in [-0.15, -0.1) is 11.3 Å². The van der Waals surface area contributed by atoms with Crippen LogP contribution in [0.5, 0.6) is 0 Å². The van der Waals surface area contributed by atoms with Crippen molar-refractivity contribution in [3.8, 4) is 10.6 Å². The summed E-state index contributed by atoms with van der Waals surface area (Å²) in [5.74, 6) is 0. The van der Waals surface area contributed by atoms with Gasteiger partial charge in [0.2, 0.25) is 0 Å². The third kappa shape index (κ3) is 1.45. The van der Waals surface area contributed by atoms with Gasteiger partial charge in [0.05, 0.1) is 0 Å². The lowest BCUT2D eigenvalue weighted by molar-refractivity contribution is 1.08. The highest BCUT2D eigenvalue weighted by atomic mass is 35.5. The molecule has 0 saturated heterocycles. The first-order valence-corrected chi connectivity index (χ1v) is 5.54. The van der Waals surface area contributed by atoms with Crippen molar-refractivity contribution < 1.29 is 0 Å². The zero-order valence-corrected chi connectivity index (χ0v) is 8.91. The number of nitrogens with one attached hydrogen (secondary N) is 1. The normalized spacial score (nSPS) is 10.4. The van der Waals surface area contributed by atoms with Gasteiger partial charge in [0.25, 0.3) is 0 Å². The van der Waals surface area contributed by atoms with Gasteiger partial charge in [-0.1, -0.05) is 22.9 Å². The molecule has 0 atom stereocenters. The second-order valence-electron chi connectivity index (χ2n) is 2.03. The molecule has 0 fully saturated rings. The molecule has 0 saturated carbocycles. The van der Waals surface area contributed by atoms with E-state index >= 15 is 0 Å². The molecule has 0 aliphatic heterocycles. The molecule has 0 bridgehead atoms. The quantitative estimate of drug-likeness (QED) is 0.764. The van der Waals surface area contributed by atoms with Crippen molar-refractivity contribution in [2.24, 2.45) is 0 Å². The van der Waals surface area contributed by atoms with E-state index in [2.05, 4.69) is 10.2 Å². The van der Waals surface area contributed by atoms with Crippen LogP contribution in [0.15, 0.2) is 11.4 Å². The van der Waals surface area contributed by atoms with Crippen molar-refractivity contribution in [2.75, 3.05) is 0 Å². The summed E-state index contributed by atoms with van der Waals surface area (Å²) in [5, 5.41) is 9.53. The maximum atomic E-state index is 5.92. The summed E-state index contributed by atoms with van der Waals surface area (Å²) in [5.41, 5.74) is 0.957. The van der Waals surface area contributed by atoms with Crippen LogP contribution in [-0.2, 0) is 0 Å². The summed E-state index contributed by atoms with van der Waals surface area (Å²) in [7, 11) is 0. The number of H-pyrrole nitrogens is 1. The number of halogens is 1. The fourth-order valence-corrected chi connectivity index (χ4v) is 2.75. The lowest BCUT2D eigenvalue weighted by atomic mass is 10.4. The summed E-state index contributed by atoms with van der Waals surface area (Å²) in [6, 6.07) is 1.94. The van der Waals surface area contributed by atoms with E-state index in [1.165, 1.54) is 22.7 Å². The molecule has 2 rings (SSSR count). The zero-order valence-electron chi connectivity index (χ0n) is 5.70. The Hall–Kier alpha value is -0.230.